The van der Waals surface area contributed by atoms with Crippen LogP contribution in [0.15, 0.2) is 44.6 Å². The molecule has 2 aromatic heterocycles. The Morgan fingerprint density at radius 1 is 1.27 bits per heavy atom. The number of nitrogens with zero attached hydrogens (tertiary/aromatic N) is 1. The zero-order valence-corrected chi connectivity index (χ0v) is 14.4. The zero-order valence-electron chi connectivity index (χ0n) is 12.0. The smallest absolute Gasteiger partial charge is 0.260 e. The average molecular weight is 377 g/mol. The van der Waals surface area contributed by atoms with Gasteiger partial charge in [0.25, 0.3) is 5.91 Å². The van der Waals surface area contributed by atoms with Crippen LogP contribution in [-0.2, 0) is 0 Å². The van der Waals surface area contributed by atoms with Crippen molar-refractivity contribution in [1.82, 2.24) is 4.98 Å². The normalized spacial score (nSPS) is 10.7. The molecule has 0 atom stereocenters. The fourth-order valence-corrected chi connectivity index (χ4v) is 3.08. The van der Waals surface area contributed by atoms with Gasteiger partial charge < -0.3 is 4.42 Å². The Kier molecular flexibility index (Phi) is 4.13. The summed E-state index contributed by atoms with van der Waals surface area (Å²) in [6.07, 6.45) is 0. The molecule has 1 N–H and O–H groups in total. The molecule has 0 unspecified atom stereocenters. The highest BCUT2D eigenvalue weighted by Gasteiger charge is 2.15. The number of aryl methyl sites for hydroxylation is 2. The topological polar surface area (TPSA) is 55.1 Å². The van der Waals surface area contributed by atoms with Crippen molar-refractivity contribution < 1.29 is 9.21 Å². The molecule has 4 nitrogen and oxygen atoms in total. The van der Waals surface area contributed by atoms with E-state index in [0.717, 1.165) is 21.5 Å². The summed E-state index contributed by atoms with van der Waals surface area (Å²) < 4.78 is 6.40. The minimum atomic E-state index is -0.203. The van der Waals surface area contributed by atoms with Crippen molar-refractivity contribution in [3.8, 4) is 11.3 Å². The van der Waals surface area contributed by atoms with Gasteiger partial charge in [0.1, 0.15) is 11.5 Å². The van der Waals surface area contributed by atoms with E-state index in [4.69, 9.17) is 4.42 Å². The van der Waals surface area contributed by atoms with Crippen molar-refractivity contribution >= 4 is 38.3 Å². The van der Waals surface area contributed by atoms with Gasteiger partial charge in [0.05, 0.1) is 11.3 Å². The Morgan fingerprint density at radius 3 is 2.64 bits per heavy atom. The van der Waals surface area contributed by atoms with Crippen molar-refractivity contribution in [3.05, 3.63) is 57.3 Å². The van der Waals surface area contributed by atoms with Crippen LogP contribution < -0.4 is 5.32 Å². The maximum Gasteiger partial charge on any atom is 0.260 e. The van der Waals surface area contributed by atoms with Crippen LogP contribution in [0.5, 0.6) is 0 Å². The van der Waals surface area contributed by atoms with Gasteiger partial charge in [0.15, 0.2) is 5.13 Å². The van der Waals surface area contributed by atoms with E-state index in [1.54, 1.807) is 13.0 Å². The highest BCUT2D eigenvalue weighted by atomic mass is 79.9. The maximum absolute atomic E-state index is 12.2. The molecule has 6 heteroatoms. The molecule has 1 amide bonds. The Labute approximate surface area is 140 Å². The summed E-state index contributed by atoms with van der Waals surface area (Å²) >= 11 is 4.81. The lowest BCUT2D eigenvalue weighted by Crippen LogP contribution is -2.11. The van der Waals surface area contributed by atoms with Crippen molar-refractivity contribution in [2.45, 2.75) is 13.8 Å². The van der Waals surface area contributed by atoms with Crippen LogP contribution in [-0.4, -0.2) is 10.9 Å². The van der Waals surface area contributed by atoms with Crippen LogP contribution in [0.4, 0.5) is 5.13 Å². The molecule has 22 heavy (non-hydrogen) atoms. The predicted octanol–water partition coefficient (Wildman–Crippen LogP) is 5.03. The Bertz CT molecular complexity index is 821. The number of benzene rings is 1. The number of halogens is 1. The molecule has 0 spiro atoms. The minimum absolute atomic E-state index is 0.203. The number of amides is 1. The lowest BCUT2D eigenvalue weighted by Gasteiger charge is -2.00. The summed E-state index contributed by atoms with van der Waals surface area (Å²) in [6, 6.07) is 9.62. The molecule has 1 aromatic carbocycles. The number of carbonyl (C=O) groups is 1. The van der Waals surface area contributed by atoms with Gasteiger partial charge in [-0.1, -0.05) is 28.1 Å². The van der Waals surface area contributed by atoms with Crippen LogP contribution >= 0.6 is 27.3 Å². The second-order valence-electron chi connectivity index (χ2n) is 4.83. The van der Waals surface area contributed by atoms with E-state index in [-0.39, 0.29) is 5.91 Å². The second kappa shape index (κ2) is 6.06. The molecule has 0 aliphatic carbocycles. The van der Waals surface area contributed by atoms with Gasteiger partial charge in [-0.2, -0.15) is 0 Å². The third-order valence-electron chi connectivity index (χ3n) is 3.15. The molecule has 0 saturated heterocycles. The van der Waals surface area contributed by atoms with Gasteiger partial charge in [-0.05, 0) is 32.0 Å². The van der Waals surface area contributed by atoms with Crippen LogP contribution in [0.2, 0.25) is 0 Å². The maximum atomic E-state index is 12.2. The van der Waals surface area contributed by atoms with Gasteiger partial charge in [-0.15, -0.1) is 11.3 Å². The predicted molar refractivity (Wildman–Crippen MR) is 91.4 cm³/mol. The molecule has 112 valence electrons. The summed E-state index contributed by atoms with van der Waals surface area (Å²) in [5, 5.41) is 5.31. The van der Waals surface area contributed by atoms with Crippen LogP contribution in [0.1, 0.15) is 21.9 Å². The molecule has 2 heterocycles. The highest BCUT2D eigenvalue weighted by molar-refractivity contribution is 9.10. The van der Waals surface area contributed by atoms with Crippen molar-refractivity contribution in [2.24, 2.45) is 0 Å². The molecule has 3 rings (SSSR count). The lowest BCUT2D eigenvalue weighted by molar-refractivity contribution is 0.102. The fraction of sp³-hybridized carbons (Fsp3) is 0.125. The lowest BCUT2D eigenvalue weighted by atomic mass is 10.2. The number of hydrogen-bond acceptors (Lipinski definition) is 4. The molecule has 0 aliphatic rings. The van der Waals surface area contributed by atoms with Crippen molar-refractivity contribution in [2.75, 3.05) is 5.32 Å². The Morgan fingerprint density at radius 2 is 2.00 bits per heavy atom. The fourth-order valence-electron chi connectivity index (χ4n) is 2.11. The van der Waals surface area contributed by atoms with E-state index >= 15 is 0 Å². The largest absolute Gasteiger partial charge is 0.466 e. The van der Waals surface area contributed by atoms with Crippen LogP contribution in [0.25, 0.3) is 11.3 Å². The number of anilines is 1. The summed E-state index contributed by atoms with van der Waals surface area (Å²) in [5.74, 6) is 1.13. The molecular formula is C16H13BrN2O2S. The molecule has 0 saturated carbocycles. The summed E-state index contributed by atoms with van der Waals surface area (Å²) in [5.41, 5.74) is 2.39. The standard InChI is InChI=1S/C16H13BrN2O2S/c1-9-7-13(10(2)21-9)15(20)19-16-18-14(8-22-16)11-3-5-12(17)6-4-11/h3-8H,1-2H3,(H,18,19,20). The number of carbonyl (C=O) groups excluding carboxylic acids is 1. The van der Waals surface area contributed by atoms with Crippen molar-refractivity contribution in [1.29, 1.82) is 0 Å². The Hall–Kier alpha value is -1.92. The monoisotopic (exact) mass is 376 g/mol. The number of thiazole rings is 1. The average Bonchev–Trinajstić information content (AvgIpc) is 3.06. The van der Waals surface area contributed by atoms with Gasteiger partial charge in [0.2, 0.25) is 0 Å². The second-order valence-corrected chi connectivity index (χ2v) is 6.60. The van der Waals surface area contributed by atoms with Gasteiger partial charge in [-0.25, -0.2) is 4.98 Å². The number of hydrogen-bond donors (Lipinski definition) is 1. The number of aromatic nitrogens is 1. The van der Waals surface area contributed by atoms with Gasteiger partial charge >= 0.3 is 0 Å². The molecule has 0 fully saturated rings. The number of rotatable bonds is 3. The summed E-state index contributed by atoms with van der Waals surface area (Å²) in [7, 11) is 0. The molecular weight excluding hydrogens is 364 g/mol. The minimum Gasteiger partial charge on any atom is -0.466 e. The number of nitrogens with one attached hydrogen (secondary N) is 1. The number of furan rings is 1. The summed E-state index contributed by atoms with van der Waals surface area (Å²) in [6.45, 7) is 3.59. The third-order valence-corrected chi connectivity index (χ3v) is 4.44. The Balaban J connectivity index is 1.78. The molecule has 0 aliphatic heterocycles. The van der Waals surface area contributed by atoms with Gasteiger partial charge in [0, 0.05) is 15.4 Å². The molecule has 0 bridgehead atoms. The summed E-state index contributed by atoms with van der Waals surface area (Å²) in [4.78, 5) is 16.7. The van der Waals surface area contributed by atoms with Crippen LogP contribution in [0.3, 0.4) is 0 Å². The van der Waals surface area contributed by atoms with E-state index in [1.807, 2.05) is 36.6 Å². The van der Waals surface area contributed by atoms with E-state index in [1.165, 1.54) is 11.3 Å². The first-order chi connectivity index (χ1) is 10.5. The zero-order chi connectivity index (χ0) is 15.7. The third kappa shape index (κ3) is 3.13. The van der Waals surface area contributed by atoms with Crippen molar-refractivity contribution in [3.63, 3.8) is 0 Å². The molecule has 0 radical (unpaired) electrons. The van der Waals surface area contributed by atoms with Gasteiger partial charge in [-0.3, -0.25) is 10.1 Å². The van der Waals surface area contributed by atoms with E-state index in [9.17, 15) is 4.79 Å². The highest BCUT2D eigenvalue weighted by Crippen LogP contribution is 2.26. The molecule has 3 aromatic rings. The van der Waals surface area contributed by atoms with E-state index in [0.29, 0.717) is 16.5 Å². The first-order valence-electron chi connectivity index (χ1n) is 6.63. The van der Waals surface area contributed by atoms with E-state index < -0.39 is 0 Å². The SMILES string of the molecule is Cc1cc(C(=O)Nc2nc(-c3ccc(Br)cc3)cs2)c(C)o1. The van der Waals surface area contributed by atoms with E-state index in [2.05, 4.69) is 26.2 Å². The van der Waals surface area contributed by atoms with Crippen LogP contribution in [0, 0.1) is 13.8 Å². The first kappa shape index (κ1) is 15.0. The quantitative estimate of drug-likeness (QED) is 0.696. The first-order valence-corrected chi connectivity index (χ1v) is 8.30.